The summed E-state index contributed by atoms with van der Waals surface area (Å²) in [5, 5.41) is 16.1. The smallest absolute Gasteiger partial charge is 0.224 e. The molecule has 0 aromatic carbocycles. The molecule has 1 unspecified atom stereocenters. The zero-order valence-corrected chi connectivity index (χ0v) is 13.9. The van der Waals surface area contributed by atoms with Gasteiger partial charge in [-0.3, -0.25) is 9.48 Å². The SMILES string of the molecule is Cc1cc(C)n(CCC(=O)N2CCCC(c3nnnn3C)C2)n1. The first-order valence-electron chi connectivity index (χ1n) is 8.05. The van der Waals surface area contributed by atoms with E-state index in [-0.39, 0.29) is 11.8 Å². The van der Waals surface area contributed by atoms with Crippen molar-refractivity contribution in [3.05, 3.63) is 23.3 Å². The molecular weight excluding hydrogens is 294 g/mol. The number of aromatic nitrogens is 6. The van der Waals surface area contributed by atoms with Crippen LogP contribution in [0, 0.1) is 13.8 Å². The van der Waals surface area contributed by atoms with Crippen LogP contribution in [0.1, 0.15) is 42.4 Å². The van der Waals surface area contributed by atoms with Gasteiger partial charge in [-0.2, -0.15) is 5.10 Å². The lowest BCUT2D eigenvalue weighted by atomic mass is 9.97. The Hall–Kier alpha value is -2.25. The van der Waals surface area contributed by atoms with E-state index < -0.39 is 0 Å². The van der Waals surface area contributed by atoms with E-state index in [0.29, 0.717) is 19.5 Å². The third-order valence-electron chi connectivity index (χ3n) is 4.43. The Morgan fingerprint density at radius 3 is 2.87 bits per heavy atom. The molecular formula is C15H23N7O. The summed E-state index contributed by atoms with van der Waals surface area (Å²) in [6.45, 7) is 6.13. The van der Waals surface area contributed by atoms with Gasteiger partial charge in [-0.15, -0.1) is 5.10 Å². The van der Waals surface area contributed by atoms with E-state index in [4.69, 9.17) is 0 Å². The van der Waals surface area contributed by atoms with Gasteiger partial charge in [-0.1, -0.05) is 0 Å². The Bertz CT molecular complexity index is 690. The average molecular weight is 317 g/mol. The first-order chi connectivity index (χ1) is 11.0. The number of carbonyl (C=O) groups is 1. The molecule has 2 aromatic heterocycles. The molecule has 3 rings (SSSR count). The lowest BCUT2D eigenvalue weighted by Crippen LogP contribution is -2.40. The zero-order chi connectivity index (χ0) is 16.4. The Balaban J connectivity index is 1.59. The number of likely N-dealkylation sites (tertiary alicyclic amines) is 1. The van der Waals surface area contributed by atoms with Crippen molar-refractivity contribution in [2.45, 2.75) is 45.6 Å². The maximum atomic E-state index is 12.5. The molecule has 3 heterocycles. The number of nitrogens with zero attached hydrogens (tertiary/aromatic N) is 7. The van der Waals surface area contributed by atoms with Gasteiger partial charge in [0.2, 0.25) is 5.91 Å². The number of piperidine rings is 1. The van der Waals surface area contributed by atoms with Crippen LogP contribution in [0.15, 0.2) is 6.07 Å². The van der Waals surface area contributed by atoms with Gasteiger partial charge in [-0.05, 0) is 43.2 Å². The highest BCUT2D eigenvalue weighted by atomic mass is 16.2. The largest absolute Gasteiger partial charge is 0.342 e. The second-order valence-electron chi connectivity index (χ2n) is 6.24. The lowest BCUT2D eigenvalue weighted by molar-refractivity contribution is -0.132. The molecule has 0 spiro atoms. The summed E-state index contributed by atoms with van der Waals surface area (Å²) in [5.74, 6) is 1.26. The molecule has 23 heavy (non-hydrogen) atoms. The van der Waals surface area contributed by atoms with E-state index in [1.54, 1.807) is 4.68 Å². The van der Waals surface area contributed by atoms with Crippen molar-refractivity contribution in [2.24, 2.45) is 7.05 Å². The van der Waals surface area contributed by atoms with Crippen molar-refractivity contribution < 1.29 is 4.79 Å². The van der Waals surface area contributed by atoms with Crippen LogP contribution in [0.25, 0.3) is 0 Å². The molecule has 0 aliphatic carbocycles. The molecule has 2 aromatic rings. The normalized spacial score (nSPS) is 18.4. The average Bonchev–Trinajstić information content (AvgIpc) is 3.10. The highest BCUT2D eigenvalue weighted by Gasteiger charge is 2.27. The molecule has 1 atom stereocenters. The second kappa shape index (κ2) is 6.47. The molecule has 124 valence electrons. The van der Waals surface area contributed by atoms with Crippen molar-refractivity contribution in [3.8, 4) is 0 Å². The topological polar surface area (TPSA) is 81.7 Å². The van der Waals surface area contributed by atoms with Crippen LogP contribution in [0.3, 0.4) is 0 Å². The fraction of sp³-hybridized carbons (Fsp3) is 0.667. The number of hydrogen-bond acceptors (Lipinski definition) is 5. The van der Waals surface area contributed by atoms with Crippen LogP contribution in [0.4, 0.5) is 0 Å². The minimum atomic E-state index is 0.178. The van der Waals surface area contributed by atoms with E-state index in [1.165, 1.54) is 0 Å². The van der Waals surface area contributed by atoms with Crippen molar-refractivity contribution in [1.29, 1.82) is 0 Å². The van der Waals surface area contributed by atoms with Gasteiger partial charge in [0.05, 0.1) is 5.69 Å². The van der Waals surface area contributed by atoms with Crippen molar-refractivity contribution in [3.63, 3.8) is 0 Å². The van der Waals surface area contributed by atoms with Crippen molar-refractivity contribution in [1.82, 2.24) is 34.9 Å². The van der Waals surface area contributed by atoms with Gasteiger partial charge in [0.15, 0.2) is 5.82 Å². The number of carbonyl (C=O) groups excluding carboxylic acids is 1. The molecule has 0 N–H and O–H groups in total. The van der Waals surface area contributed by atoms with Crippen LogP contribution >= 0.6 is 0 Å². The zero-order valence-electron chi connectivity index (χ0n) is 13.9. The predicted molar refractivity (Wildman–Crippen MR) is 83.7 cm³/mol. The molecule has 1 aliphatic heterocycles. The molecule has 0 bridgehead atoms. The van der Waals surface area contributed by atoms with E-state index in [0.717, 1.165) is 36.6 Å². The molecule has 1 fully saturated rings. The van der Waals surface area contributed by atoms with E-state index in [1.807, 2.05) is 36.5 Å². The fourth-order valence-electron chi connectivity index (χ4n) is 3.26. The summed E-state index contributed by atoms with van der Waals surface area (Å²) in [4.78, 5) is 14.5. The first-order valence-corrected chi connectivity index (χ1v) is 8.05. The molecule has 8 nitrogen and oxygen atoms in total. The third kappa shape index (κ3) is 3.40. The fourth-order valence-corrected chi connectivity index (χ4v) is 3.26. The Morgan fingerprint density at radius 2 is 2.22 bits per heavy atom. The van der Waals surface area contributed by atoms with E-state index >= 15 is 0 Å². The Kier molecular flexibility index (Phi) is 4.40. The molecule has 0 saturated carbocycles. The summed E-state index contributed by atoms with van der Waals surface area (Å²) < 4.78 is 3.61. The lowest BCUT2D eigenvalue weighted by Gasteiger charge is -2.32. The number of tetrazole rings is 1. The van der Waals surface area contributed by atoms with Gasteiger partial charge in [0.25, 0.3) is 0 Å². The Morgan fingerprint density at radius 1 is 1.39 bits per heavy atom. The van der Waals surface area contributed by atoms with Crippen LogP contribution in [-0.2, 0) is 18.4 Å². The monoisotopic (exact) mass is 317 g/mol. The molecule has 1 amide bonds. The van der Waals surface area contributed by atoms with Crippen molar-refractivity contribution in [2.75, 3.05) is 13.1 Å². The van der Waals surface area contributed by atoms with E-state index in [9.17, 15) is 4.79 Å². The number of rotatable bonds is 4. The van der Waals surface area contributed by atoms with Gasteiger partial charge >= 0.3 is 0 Å². The quantitative estimate of drug-likeness (QED) is 0.834. The van der Waals surface area contributed by atoms with Crippen LogP contribution in [0.5, 0.6) is 0 Å². The summed E-state index contributed by atoms with van der Waals surface area (Å²) in [6, 6.07) is 2.03. The highest BCUT2D eigenvalue weighted by molar-refractivity contribution is 5.76. The summed E-state index contributed by atoms with van der Waals surface area (Å²) in [7, 11) is 1.85. The molecule has 1 aliphatic rings. The van der Waals surface area contributed by atoms with Gasteiger partial charge in [-0.25, -0.2) is 4.68 Å². The molecule has 8 heteroatoms. The maximum absolute atomic E-state index is 12.5. The third-order valence-corrected chi connectivity index (χ3v) is 4.43. The van der Waals surface area contributed by atoms with Crippen LogP contribution < -0.4 is 0 Å². The standard InChI is InChI=1S/C15H23N7O/c1-11-9-12(2)22(17-11)8-6-14(23)21-7-4-5-13(10-21)15-16-18-19-20(15)3/h9,13H,4-8,10H2,1-3H3. The van der Waals surface area contributed by atoms with Gasteiger partial charge in [0, 0.05) is 44.7 Å². The van der Waals surface area contributed by atoms with Gasteiger partial charge in [0.1, 0.15) is 0 Å². The highest BCUT2D eigenvalue weighted by Crippen LogP contribution is 2.25. The number of amides is 1. The Labute approximate surface area is 135 Å². The number of hydrogen-bond donors (Lipinski definition) is 0. The second-order valence-corrected chi connectivity index (χ2v) is 6.24. The minimum absolute atomic E-state index is 0.178. The summed E-state index contributed by atoms with van der Waals surface area (Å²) >= 11 is 0. The molecule has 0 radical (unpaired) electrons. The van der Waals surface area contributed by atoms with E-state index in [2.05, 4.69) is 20.6 Å². The predicted octanol–water partition coefficient (Wildman–Crippen LogP) is 0.820. The maximum Gasteiger partial charge on any atom is 0.224 e. The van der Waals surface area contributed by atoms with Gasteiger partial charge < -0.3 is 4.90 Å². The van der Waals surface area contributed by atoms with Crippen LogP contribution in [-0.4, -0.2) is 53.9 Å². The van der Waals surface area contributed by atoms with Crippen molar-refractivity contribution >= 4 is 5.91 Å². The number of aryl methyl sites for hydroxylation is 4. The first kappa shape index (κ1) is 15.6. The molecule has 1 saturated heterocycles. The summed E-state index contributed by atoms with van der Waals surface area (Å²) in [5.41, 5.74) is 2.08. The summed E-state index contributed by atoms with van der Waals surface area (Å²) in [6.07, 6.45) is 2.49. The minimum Gasteiger partial charge on any atom is -0.342 e. The van der Waals surface area contributed by atoms with Crippen LogP contribution in [0.2, 0.25) is 0 Å².